The summed E-state index contributed by atoms with van der Waals surface area (Å²) in [5, 5.41) is 8.90. The molecule has 0 bridgehead atoms. The lowest BCUT2D eigenvalue weighted by Crippen LogP contribution is -2.25. The molecule has 1 aliphatic rings. The highest BCUT2D eigenvalue weighted by Gasteiger charge is 2.22. The summed E-state index contributed by atoms with van der Waals surface area (Å²) in [6.45, 7) is 0.529. The van der Waals surface area contributed by atoms with Crippen molar-refractivity contribution in [3.8, 4) is 0 Å². The van der Waals surface area contributed by atoms with Crippen LogP contribution in [0.3, 0.4) is 0 Å². The summed E-state index contributed by atoms with van der Waals surface area (Å²) in [7, 11) is 0. The molecule has 1 aromatic rings. The Kier molecular flexibility index (Phi) is 2.18. The molecule has 4 nitrogen and oxygen atoms in total. The molecule has 1 amide bonds. The normalized spacial score (nSPS) is 15.4. The third kappa shape index (κ3) is 1.46. The van der Waals surface area contributed by atoms with Gasteiger partial charge in [-0.2, -0.15) is 0 Å². The maximum Gasteiger partial charge on any atom is 0.411 e. The zero-order chi connectivity index (χ0) is 9.97. The van der Waals surface area contributed by atoms with Gasteiger partial charge in [-0.05, 0) is 18.6 Å². The van der Waals surface area contributed by atoms with E-state index in [2.05, 4.69) is 4.98 Å². The van der Waals surface area contributed by atoms with Crippen LogP contribution in [0.1, 0.15) is 12.1 Å². The van der Waals surface area contributed by atoms with Crippen LogP contribution in [-0.4, -0.2) is 27.6 Å². The van der Waals surface area contributed by atoms with Crippen LogP contribution in [-0.2, 0) is 0 Å². The van der Waals surface area contributed by atoms with Crippen molar-refractivity contribution in [2.45, 2.75) is 6.42 Å². The first-order valence-electron chi connectivity index (χ1n) is 4.41. The van der Waals surface area contributed by atoms with Crippen LogP contribution in [0.5, 0.6) is 0 Å². The Morgan fingerprint density at radius 1 is 1.50 bits per heavy atom. The monoisotopic (exact) mass is 190 g/mol. The van der Waals surface area contributed by atoms with Gasteiger partial charge in [0, 0.05) is 12.7 Å². The van der Waals surface area contributed by atoms with E-state index >= 15 is 0 Å². The number of pyridine rings is 1. The van der Waals surface area contributed by atoms with Gasteiger partial charge in [0.15, 0.2) is 0 Å². The predicted molar refractivity (Wildman–Crippen MR) is 51.6 cm³/mol. The van der Waals surface area contributed by atoms with Gasteiger partial charge < -0.3 is 5.11 Å². The molecule has 0 aliphatic carbocycles. The van der Waals surface area contributed by atoms with Gasteiger partial charge in [0.2, 0.25) is 0 Å². The van der Waals surface area contributed by atoms with Crippen molar-refractivity contribution in [3.63, 3.8) is 0 Å². The highest BCUT2D eigenvalue weighted by Crippen LogP contribution is 2.23. The van der Waals surface area contributed by atoms with Crippen LogP contribution >= 0.6 is 0 Å². The fourth-order valence-electron chi connectivity index (χ4n) is 1.52. The van der Waals surface area contributed by atoms with E-state index in [-0.39, 0.29) is 0 Å². The van der Waals surface area contributed by atoms with Crippen LogP contribution in [0.25, 0.3) is 5.70 Å². The largest absolute Gasteiger partial charge is 0.465 e. The van der Waals surface area contributed by atoms with E-state index < -0.39 is 6.09 Å². The summed E-state index contributed by atoms with van der Waals surface area (Å²) in [6.07, 6.45) is 3.41. The Labute approximate surface area is 81.5 Å². The van der Waals surface area contributed by atoms with E-state index in [1.54, 1.807) is 6.20 Å². The van der Waals surface area contributed by atoms with Crippen LogP contribution in [0.15, 0.2) is 30.5 Å². The molecule has 2 rings (SSSR count). The van der Waals surface area contributed by atoms with Crippen molar-refractivity contribution in [1.29, 1.82) is 0 Å². The van der Waals surface area contributed by atoms with Gasteiger partial charge in [-0.1, -0.05) is 12.1 Å². The Hall–Kier alpha value is -1.84. The molecule has 0 saturated heterocycles. The van der Waals surface area contributed by atoms with Crippen molar-refractivity contribution >= 4 is 11.8 Å². The molecule has 14 heavy (non-hydrogen) atoms. The second-order valence-electron chi connectivity index (χ2n) is 3.03. The molecule has 0 saturated carbocycles. The topological polar surface area (TPSA) is 53.4 Å². The van der Waals surface area contributed by atoms with Crippen molar-refractivity contribution in [2.75, 3.05) is 6.54 Å². The Balaban J connectivity index is 2.31. The number of nitrogens with zero attached hydrogens (tertiary/aromatic N) is 2. The van der Waals surface area contributed by atoms with E-state index in [0.29, 0.717) is 17.9 Å². The maximum absolute atomic E-state index is 10.8. The van der Waals surface area contributed by atoms with Crippen LogP contribution in [0, 0.1) is 0 Å². The number of carboxylic acid groups (broad SMARTS) is 1. The molecular weight excluding hydrogens is 180 g/mol. The lowest BCUT2D eigenvalue weighted by molar-refractivity contribution is 0.168. The van der Waals surface area contributed by atoms with Gasteiger partial charge in [0.25, 0.3) is 0 Å². The van der Waals surface area contributed by atoms with Gasteiger partial charge in [-0.3, -0.25) is 9.88 Å². The van der Waals surface area contributed by atoms with E-state index in [1.165, 1.54) is 4.90 Å². The number of carbonyl (C=O) groups is 1. The summed E-state index contributed by atoms with van der Waals surface area (Å²) in [5.74, 6) is 0. The molecule has 2 heterocycles. The van der Waals surface area contributed by atoms with Crippen molar-refractivity contribution in [2.24, 2.45) is 0 Å². The standard InChI is InChI=1S/C10H10N2O2/c13-10(14)12-7-3-5-9(12)8-4-1-2-6-11-8/h1-2,4-6H,3,7H2,(H,13,14). The highest BCUT2D eigenvalue weighted by molar-refractivity contribution is 5.81. The lowest BCUT2D eigenvalue weighted by atomic mass is 10.2. The minimum absolute atomic E-state index is 0.529. The molecule has 0 spiro atoms. The van der Waals surface area contributed by atoms with Gasteiger partial charge in [-0.25, -0.2) is 4.79 Å². The second-order valence-corrected chi connectivity index (χ2v) is 3.03. The fraction of sp³-hybridized carbons (Fsp3) is 0.200. The van der Waals surface area contributed by atoms with Gasteiger partial charge in [-0.15, -0.1) is 0 Å². The molecule has 0 unspecified atom stereocenters. The average Bonchev–Trinajstić information content (AvgIpc) is 2.67. The van der Waals surface area contributed by atoms with Crippen molar-refractivity contribution < 1.29 is 9.90 Å². The molecule has 0 radical (unpaired) electrons. The molecule has 1 aromatic heterocycles. The number of hydrogen-bond donors (Lipinski definition) is 1. The first-order chi connectivity index (χ1) is 6.79. The molecule has 0 atom stereocenters. The summed E-state index contributed by atoms with van der Waals surface area (Å²) >= 11 is 0. The second kappa shape index (κ2) is 3.49. The van der Waals surface area contributed by atoms with E-state index in [4.69, 9.17) is 5.11 Å². The van der Waals surface area contributed by atoms with E-state index in [9.17, 15) is 4.79 Å². The summed E-state index contributed by atoms with van der Waals surface area (Å²) in [6, 6.07) is 5.47. The first-order valence-corrected chi connectivity index (χ1v) is 4.41. The van der Waals surface area contributed by atoms with Gasteiger partial charge in [0.1, 0.15) is 0 Å². The SMILES string of the molecule is O=C(O)N1CCC=C1c1ccccn1. The number of aromatic nitrogens is 1. The lowest BCUT2D eigenvalue weighted by Gasteiger charge is -2.15. The third-order valence-electron chi connectivity index (χ3n) is 2.14. The zero-order valence-corrected chi connectivity index (χ0v) is 7.55. The Morgan fingerprint density at radius 3 is 3.00 bits per heavy atom. The van der Waals surface area contributed by atoms with Crippen molar-refractivity contribution in [3.05, 3.63) is 36.2 Å². The first kappa shape index (κ1) is 8.74. The summed E-state index contributed by atoms with van der Waals surface area (Å²) < 4.78 is 0. The maximum atomic E-state index is 10.8. The molecule has 0 fully saturated rings. The molecule has 1 aliphatic heterocycles. The highest BCUT2D eigenvalue weighted by atomic mass is 16.4. The molecule has 4 heteroatoms. The smallest absolute Gasteiger partial charge is 0.411 e. The summed E-state index contributed by atoms with van der Waals surface area (Å²) in [5.41, 5.74) is 1.41. The molecule has 72 valence electrons. The Morgan fingerprint density at radius 2 is 2.36 bits per heavy atom. The predicted octanol–water partition coefficient (Wildman–Crippen LogP) is 1.81. The van der Waals surface area contributed by atoms with Gasteiger partial charge >= 0.3 is 6.09 Å². The third-order valence-corrected chi connectivity index (χ3v) is 2.14. The van der Waals surface area contributed by atoms with Gasteiger partial charge in [0.05, 0.1) is 11.4 Å². The number of hydrogen-bond acceptors (Lipinski definition) is 2. The zero-order valence-electron chi connectivity index (χ0n) is 7.55. The Bertz CT molecular complexity index is 373. The van der Waals surface area contributed by atoms with E-state index in [0.717, 1.165) is 6.42 Å². The van der Waals surface area contributed by atoms with E-state index in [1.807, 2.05) is 24.3 Å². The quantitative estimate of drug-likeness (QED) is 0.734. The minimum atomic E-state index is -0.917. The molecular formula is C10H10N2O2. The molecule has 0 aromatic carbocycles. The van der Waals surface area contributed by atoms with Crippen LogP contribution in [0.2, 0.25) is 0 Å². The minimum Gasteiger partial charge on any atom is -0.465 e. The average molecular weight is 190 g/mol. The summed E-state index contributed by atoms with van der Waals surface area (Å²) in [4.78, 5) is 16.3. The van der Waals surface area contributed by atoms with Crippen LogP contribution in [0.4, 0.5) is 4.79 Å². The van der Waals surface area contributed by atoms with Crippen LogP contribution < -0.4 is 0 Å². The number of rotatable bonds is 1. The fourth-order valence-corrected chi connectivity index (χ4v) is 1.52. The van der Waals surface area contributed by atoms with Crippen molar-refractivity contribution in [1.82, 2.24) is 9.88 Å². The molecule has 1 N–H and O–H groups in total. The number of amides is 1.